The number of aromatic amines is 1. The van der Waals surface area contributed by atoms with E-state index in [2.05, 4.69) is 54.9 Å². The van der Waals surface area contributed by atoms with E-state index in [-0.39, 0.29) is 11.8 Å². The summed E-state index contributed by atoms with van der Waals surface area (Å²) in [6.07, 6.45) is 4.20. The number of nitrogens with zero attached hydrogens (tertiary/aromatic N) is 7. The zero-order valence-corrected chi connectivity index (χ0v) is 24.9. The second-order valence-corrected chi connectivity index (χ2v) is 12.0. The molecule has 224 valence electrons. The van der Waals surface area contributed by atoms with Gasteiger partial charge in [0, 0.05) is 42.1 Å². The quantitative estimate of drug-likeness (QED) is 0.248. The van der Waals surface area contributed by atoms with Crippen LogP contribution in [0.2, 0.25) is 5.02 Å². The smallest absolute Gasteiger partial charge is 0.257 e. The van der Waals surface area contributed by atoms with Crippen molar-refractivity contribution >= 4 is 17.5 Å². The lowest BCUT2D eigenvalue weighted by atomic mass is 9.90. The second-order valence-electron chi connectivity index (χ2n) is 11.6. The standard InChI is InChI=1S/C33H32ClFN8O/c34-27-10-11-30(29(35)18-27)43-31(28(19-36-43)33(44)42-17-14-26(21-42)23-4-2-1-3-5-23)24-12-15-41(16-13-24)20-22-6-8-25(9-7-22)32-37-39-40-38-32/h1-11,18-19,24,26H,12-17,20-21H2,(H,37,38,39,40)/t26-/m0/s1. The highest BCUT2D eigenvalue weighted by Gasteiger charge is 2.34. The molecule has 7 rings (SSSR count). The Hall–Kier alpha value is -4.41. The lowest BCUT2D eigenvalue weighted by molar-refractivity contribution is 0.0788. The van der Waals surface area contributed by atoms with Gasteiger partial charge in [0.25, 0.3) is 5.91 Å². The van der Waals surface area contributed by atoms with Crippen molar-refractivity contribution in [2.24, 2.45) is 0 Å². The fourth-order valence-electron chi connectivity index (χ4n) is 6.55. The van der Waals surface area contributed by atoms with Crippen molar-refractivity contribution in [2.75, 3.05) is 26.2 Å². The Morgan fingerprint density at radius 3 is 2.45 bits per heavy atom. The number of aromatic nitrogens is 6. The van der Waals surface area contributed by atoms with Gasteiger partial charge in [0.1, 0.15) is 11.5 Å². The van der Waals surface area contributed by atoms with Crippen LogP contribution in [0.4, 0.5) is 4.39 Å². The molecule has 44 heavy (non-hydrogen) atoms. The van der Waals surface area contributed by atoms with Gasteiger partial charge in [0.15, 0.2) is 5.82 Å². The maximum atomic E-state index is 15.2. The maximum Gasteiger partial charge on any atom is 0.257 e. The molecule has 0 spiro atoms. The summed E-state index contributed by atoms with van der Waals surface area (Å²) in [5, 5.41) is 19.0. The number of piperidine rings is 1. The minimum Gasteiger partial charge on any atom is -0.338 e. The molecule has 0 radical (unpaired) electrons. The first-order valence-electron chi connectivity index (χ1n) is 15.0. The average molecular weight is 611 g/mol. The highest BCUT2D eigenvalue weighted by Crippen LogP contribution is 2.36. The Balaban J connectivity index is 1.10. The molecular formula is C33H32ClFN8O. The summed E-state index contributed by atoms with van der Waals surface area (Å²) >= 11 is 6.07. The van der Waals surface area contributed by atoms with E-state index in [0.29, 0.717) is 41.1 Å². The highest BCUT2D eigenvalue weighted by atomic mass is 35.5. The second kappa shape index (κ2) is 12.3. The Bertz CT molecular complexity index is 1730. The largest absolute Gasteiger partial charge is 0.338 e. The molecule has 0 aliphatic carbocycles. The molecule has 1 N–H and O–H groups in total. The molecule has 4 heterocycles. The number of amides is 1. The first kappa shape index (κ1) is 28.4. The fourth-order valence-corrected chi connectivity index (χ4v) is 6.70. The van der Waals surface area contributed by atoms with E-state index in [0.717, 1.165) is 50.2 Å². The number of rotatable bonds is 7. The van der Waals surface area contributed by atoms with Crippen LogP contribution in [-0.4, -0.2) is 72.3 Å². The van der Waals surface area contributed by atoms with E-state index in [1.165, 1.54) is 17.2 Å². The van der Waals surface area contributed by atoms with E-state index < -0.39 is 5.82 Å². The van der Waals surface area contributed by atoms with Crippen LogP contribution in [0.3, 0.4) is 0 Å². The van der Waals surface area contributed by atoms with Gasteiger partial charge in [-0.2, -0.15) is 5.10 Å². The SMILES string of the molecule is O=C(c1cnn(-c2ccc(Cl)cc2F)c1C1CCN(Cc2ccc(-c3nnn[nH]3)cc2)CC1)N1CC[C@H](c2ccccc2)C1. The molecular weight excluding hydrogens is 579 g/mol. The normalized spacial score (nSPS) is 17.8. The molecule has 0 saturated carbocycles. The van der Waals surface area contributed by atoms with Crippen LogP contribution in [0.25, 0.3) is 17.1 Å². The van der Waals surface area contributed by atoms with Crippen molar-refractivity contribution in [3.63, 3.8) is 0 Å². The van der Waals surface area contributed by atoms with E-state index >= 15 is 4.39 Å². The Kier molecular flexibility index (Phi) is 7.93. The van der Waals surface area contributed by atoms with Gasteiger partial charge in [-0.05, 0) is 72.1 Å². The van der Waals surface area contributed by atoms with Gasteiger partial charge < -0.3 is 4.90 Å². The third-order valence-corrected chi connectivity index (χ3v) is 9.11. The number of halogens is 2. The highest BCUT2D eigenvalue weighted by molar-refractivity contribution is 6.30. The molecule has 2 saturated heterocycles. The van der Waals surface area contributed by atoms with Crippen LogP contribution in [0, 0.1) is 5.82 Å². The number of tetrazole rings is 1. The van der Waals surface area contributed by atoms with Crippen LogP contribution in [-0.2, 0) is 6.54 Å². The zero-order chi connectivity index (χ0) is 30.0. The van der Waals surface area contributed by atoms with Crippen molar-refractivity contribution in [2.45, 2.75) is 37.6 Å². The molecule has 2 aromatic heterocycles. The number of hydrogen-bond acceptors (Lipinski definition) is 6. The molecule has 2 aliphatic heterocycles. The molecule has 1 amide bonds. The summed E-state index contributed by atoms with van der Waals surface area (Å²) in [7, 11) is 0. The van der Waals surface area contributed by atoms with Gasteiger partial charge in [-0.25, -0.2) is 14.2 Å². The van der Waals surface area contributed by atoms with Crippen LogP contribution in [0.1, 0.15) is 58.3 Å². The number of likely N-dealkylation sites (tertiary alicyclic amines) is 2. The number of benzene rings is 3. The van der Waals surface area contributed by atoms with Gasteiger partial charge in [-0.15, -0.1) is 5.10 Å². The molecule has 1 atom stereocenters. The van der Waals surface area contributed by atoms with E-state index in [9.17, 15) is 4.79 Å². The summed E-state index contributed by atoms with van der Waals surface area (Å²) in [4.78, 5) is 18.4. The topological polar surface area (TPSA) is 95.8 Å². The monoisotopic (exact) mass is 610 g/mol. The lowest BCUT2D eigenvalue weighted by Gasteiger charge is -2.33. The van der Waals surface area contributed by atoms with Crippen LogP contribution in [0.5, 0.6) is 0 Å². The van der Waals surface area contributed by atoms with Gasteiger partial charge in [0.2, 0.25) is 0 Å². The van der Waals surface area contributed by atoms with Crippen molar-refractivity contribution in [1.82, 2.24) is 40.2 Å². The van der Waals surface area contributed by atoms with Crippen LogP contribution < -0.4 is 0 Å². The summed E-state index contributed by atoms with van der Waals surface area (Å²) in [6.45, 7) is 3.85. The lowest BCUT2D eigenvalue weighted by Crippen LogP contribution is -2.34. The van der Waals surface area contributed by atoms with Gasteiger partial charge >= 0.3 is 0 Å². The van der Waals surface area contributed by atoms with Crippen molar-refractivity contribution in [3.8, 4) is 17.1 Å². The summed E-state index contributed by atoms with van der Waals surface area (Å²) < 4.78 is 16.8. The third-order valence-electron chi connectivity index (χ3n) is 8.87. The molecule has 3 aromatic carbocycles. The number of H-pyrrole nitrogens is 1. The molecule has 5 aromatic rings. The Morgan fingerprint density at radius 2 is 1.73 bits per heavy atom. The van der Waals surface area contributed by atoms with E-state index in [1.807, 2.05) is 35.2 Å². The van der Waals surface area contributed by atoms with Crippen molar-refractivity contribution < 1.29 is 9.18 Å². The number of carbonyl (C=O) groups is 1. The van der Waals surface area contributed by atoms with E-state index in [4.69, 9.17) is 11.6 Å². The molecule has 11 heteroatoms. The Morgan fingerprint density at radius 1 is 0.955 bits per heavy atom. The molecule has 0 unspecified atom stereocenters. The molecule has 0 bridgehead atoms. The predicted octanol–water partition coefficient (Wildman–Crippen LogP) is 5.85. The van der Waals surface area contributed by atoms with Crippen LogP contribution in [0.15, 0.2) is 79.0 Å². The first-order chi connectivity index (χ1) is 21.5. The first-order valence-corrected chi connectivity index (χ1v) is 15.3. The van der Waals surface area contributed by atoms with Crippen molar-refractivity contribution in [3.05, 3.63) is 112 Å². The van der Waals surface area contributed by atoms with Gasteiger partial charge in [-0.1, -0.05) is 66.2 Å². The molecule has 2 aliphatic rings. The maximum absolute atomic E-state index is 15.2. The van der Waals surface area contributed by atoms with E-state index in [1.54, 1.807) is 23.0 Å². The summed E-state index contributed by atoms with van der Waals surface area (Å²) in [5.74, 6) is 0.492. The minimum absolute atomic E-state index is 0.0384. The predicted molar refractivity (Wildman–Crippen MR) is 165 cm³/mol. The van der Waals surface area contributed by atoms with Gasteiger partial charge in [0.05, 0.1) is 17.5 Å². The third kappa shape index (κ3) is 5.75. The molecule has 9 nitrogen and oxygen atoms in total. The van der Waals surface area contributed by atoms with Crippen LogP contribution >= 0.6 is 11.6 Å². The van der Waals surface area contributed by atoms with Gasteiger partial charge in [-0.3, -0.25) is 9.69 Å². The Labute approximate surface area is 259 Å². The fraction of sp³-hybridized carbons (Fsp3) is 0.303. The molecule has 2 fully saturated rings. The van der Waals surface area contributed by atoms with Crippen molar-refractivity contribution in [1.29, 1.82) is 0 Å². The summed E-state index contributed by atoms with van der Waals surface area (Å²) in [5.41, 5.74) is 5.03. The summed E-state index contributed by atoms with van der Waals surface area (Å²) in [6, 6.07) is 23.2. The number of hydrogen-bond donors (Lipinski definition) is 1. The zero-order valence-electron chi connectivity index (χ0n) is 24.1. The number of carbonyl (C=O) groups excluding carboxylic acids is 1. The number of nitrogens with one attached hydrogen (secondary N) is 1. The average Bonchev–Trinajstić information content (AvgIpc) is 3.84. The minimum atomic E-state index is -0.465.